The Bertz CT molecular complexity index is 472. The molecule has 0 saturated heterocycles. The van der Waals surface area contributed by atoms with Gasteiger partial charge in [0.1, 0.15) is 0 Å². The Balaban J connectivity index is 2.56. The van der Waals surface area contributed by atoms with Crippen molar-refractivity contribution in [3.63, 3.8) is 0 Å². The van der Waals surface area contributed by atoms with E-state index in [1.54, 1.807) is 0 Å². The van der Waals surface area contributed by atoms with Crippen molar-refractivity contribution in [3.05, 3.63) is 11.4 Å². The van der Waals surface area contributed by atoms with Crippen LogP contribution in [0, 0.1) is 34.0 Å². The van der Waals surface area contributed by atoms with Gasteiger partial charge in [0.15, 0.2) is 0 Å². The third kappa shape index (κ3) is 1.76. The van der Waals surface area contributed by atoms with E-state index in [1.807, 2.05) is 0 Å². The van der Waals surface area contributed by atoms with Crippen molar-refractivity contribution < 1.29 is 0 Å². The first kappa shape index (κ1) is 12.2. The minimum absolute atomic E-state index is 0.287. The molecule has 2 aliphatic rings. The van der Waals surface area contributed by atoms with Crippen molar-refractivity contribution in [2.45, 2.75) is 32.1 Å². The molecule has 0 aromatic carbocycles. The molecule has 1 spiro atoms. The van der Waals surface area contributed by atoms with Crippen molar-refractivity contribution in [1.29, 1.82) is 10.5 Å². The van der Waals surface area contributed by atoms with Crippen LogP contribution in [0.3, 0.4) is 0 Å². The van der Waals surface area contributed by atoms with Gasteiger partial charge in [0, 0.05) is 0 Å². The van der Waals surface area contributed by atoms with Gasteiger partial charge in [0.05, 0.1) is 0 Å². The molecular formula is C12H13N4Se. The van der Waals surface area contributed by atoms with Gasteiger partial charge in [0.2, 0.25) is 0 Å². The molecule has 1 aliphatic carbocycles. The van der Waals surface area contributed by atoms with Crippen LogP contribution in [0.2, 0.25) is 0 Å². The number of rotatable bonds is 0. The van der Waals surface area contributed by atoms with Crippen LogP contribution in [0.5, 0.6) is 0 Å². The summed E-state index contributed by atoms with van der Waals surface area (Å²) in [6.45, 7) is 0. The quantitative estimate of drug-likeness (QED) is 0.684. The Morgan fingerprint density at radius 3 is 2.47 bits per heavy atom. The van der Waals surface area contributed by atoms with Crippen molar-refractivity contribution in [2.75, 3.05) is 0 Å². The van der Waals surface area contributed by atoms with E-state index >= 15 is 0 Å². The third-order valence-corrected chi connectivity index (χ3v) is 4.46. The first-order valence-corrected chi connectivity index (χ1v) is 6.57. The van der Waals surface area contributed by atoms with Crippen molar-refractivity contribution in [1.82, 2.24) is 0 Å². The summed E-state index contributed by atoms with van der Waals surface area (Å²) in [6, 6.07) is 4.48. The molecule has 1 unspecified atom stereocenters. The summed E-state index contributed by atoms with van der Waals surface area (Å²) in [6.07, 6.45) is 4.97. The van der Waals surface area contributed by atoms with Crippen molar-refractivity contribution in [2.24, 2.45) is 22.1 Å². The van der Waals surface area contributed by atoms with Crippen LogP contribution >= 0.6 is 0 Å². The third-order valence-electron chi connectivity index (χ3n) is 3.77. The summed E-state index contributed by atoms with van der Waals surface area (Å²) in [5.74, 6) is -0.0561. The number of nitrogens with zero attached hydrogens (tertiary/aromatic N) is 3. The zero-order chi connectivity index (χ0) is 12.5. The van der Waals surface area contributed by atoms with E-state index in [9.17, 15) is 10.5 Å². The Morgan fingerprint density at radius 2 is 1.94 bits per heavy atom. The summed E-state index contributed by atoms with van der Waals surface area (Å²) in [5.41, 5.74) is 5.96. The molecule has 0 amide bonds. The van der Waals surface area contributed by atoms with E-state index in [2.05, 4.69) is 33.1 Å². The maximum atomic E-state index is 9.35. The fraction of sp³-hybridized carbons (Fsp3) is 0.583. The molecule has 1 fully saturated rings. The number of hydrogen-bond donors (Lipinski definition) is 1. The predicted octanol–water partition coefficient (Wildman–Crippen LogP) is 1.35. The summed E-state index contributed by atoms with van der Waals surface area (Å²) in [5, 5.41) is 18.7. The average molecular weight is 292 g/mol. The maximum absolute atomic E-state index is 9.35. The van der Waals surface area contributed by atoms with E-state index in [0.29, 0.717) is 10.2 Å². The van der Waals surface area contributed by atoms with E-state index in [0.717, 1.165) is 25.7 Å². The first-order chi connectivity index (χ1) is 8.15. The number of nitriles is 2. The first-order valence-electron chi connectivity index (χ1n) is 5.71. The molecule has 5 heteroatoms. The molecule has 4 nitrogen and oxygen atoms in total. The van der Waals surface area contributed by atoms with Gasteiger partial charge in [-0.05, 0) is 0 Å². The number of allylic oxidation sites excluding steroid dienone is 1. The Kier molecular flexibility index (Phi) is 3.24. The molecule has 87 valence electrons. The summed E-state index contributed by atoms with van der Waals surface area (Å²) in [7, 11) is 0. The fourth-order valence-electron chi connectivity index (χ4n) is 2.94. The van der Waals surface area contributed by atoms with Crippen molar-refractivity contribution >= 4 is 20.6 Å². The molecule has 2 rings (SSSR count). The van der Waals surface area contributed by atoms with Gasteiger partial charge in [-0.1, -0.05) is 0 Å². The van der Waals surface area contributed by atoms with Crippen LogP contribution < -0.4 is 5.73 Å². The second-order valence-corrected chi connectivity index (χ2v) is 5.48. The molecule has 1 aliphatic heterocycles. The van der Waals surface area contributed by atoms with E-state index in [-0.39, 0.29) is 11.7 Å². The molecule has 0 bridgehead atoms. The van der Waals surface area contributed by atoms with Crippen LogP contribution in [0.4, 0.5) is 0 Å². The van der Waals surface area contributed by atoms with Crippen molar-refractivity contribution in [3.8, 4) is 12.1 Å². The van der Waals surface area contributed by atoms with Crippen LogP contribution in [0.15, 0.2) is 16.4 Å². The number of hydrogen-bond acceptors (Lipinski definition) is 4. The second-order valence-electron chi connectivity index (χ2n) is 4.60. The summed E-state index contributed by atoms with van der Waals surface area (Å²) in [4.78, 5) is 4.11. The Hall–Kier alpha value is -1.29. The molecule has 1 saturated carbocycles. The molecule has 17 heavy (non-hydrogen) atoms. The van der Waals surface area contributed by atoms with Gasteiger partial charge < -0.3 is 0 Å². The van der Waals surface area contributed by atoms with Gasteiger partial charge in [0.25, 0.3) is 0 Å². The summed E-state index contributed by atoms with van der Waals surface area (Å²) < 4.78 is 0.630. The van der Waals surface area contributed by atoms with E-state index in [1.165, 1.54) is 6.42 Å². The molecule has 1 radical (unpaired) electrons. The van der Waals surface area contributed by atoms with Gasteiger partial charge >= 0.3 is 109 Å². The van der Waals surface area contributed by atoms with Crippen LogP contribution in [-0.2, 0) is 0 Å². The normalized spacial score (nSPS) is 27.2. The van der Waals surface area contributed by atoms with Crippen LogP contribution in [0.1, 0.15) is 32.1 Å². The molecule has 2 N–H and O–H groups in total. The molecule has 0 aromatic heterocycles. The van der Waals surface area contributed by atoms with Gasteiger partial charge in [-0.15, -0.1) is 0 Å². The van der Waals surface area contributed by atoms with Gasteiger partial charge in [-0.2, -0.15) is 0 Å². The molecule has 1 heterocycles. The monoisotopic (exact) mass is 293 g/mol. The topological polar surface area (TPSA) is 86.0 Å². The fourth-order valence-corrected chi connectivity index (χ4v) is 3.73. The van der Waals surface area contributed by atoms with E-state index < -0.39 is 5.41 Å². The number of nitrogens with two attached hydrogens (primary N) is 1. The Labute approximate surface area is 109 Å². The molecule has 0 aromatic rings. The summed E-state index contributed by atoms with van der Waals surface area (Å²) >= 11 is 2.83. The molecular weight excluding hydrogens is 279 g/mol. The number of aliphatic imine (C=N–C) groups is 1. The zero-order valence-corrected chi connectivity index (χ0v) is 11.2. The van der Waals surface area contributed by atoms with Gasteiger partial charge in [-0.25, -0.2) is 0 Å². The zero-order valence-electron chi connectivity index (χ0n) is 9.44. The SMILES string of the molecule is N#CC1=C(N)N=C([Se])C(C#N)C12CCCCC2. The van der Waals surface area contributed by atoms with Crippen LogP contribution in [-0.4, -0.2) is 20.6 Å². The second kappa shape index (κ2) is 4.53. The standard InChI is InChI=1S/C12H13N4Se/c13-6-8-10(15)16-11(17)9(7-14)12(8)4-2-1-3-5-12/h9H,1-5,15H2. The molecule has 1 atom stereocenters. The average Bonchev–Trinajstić information content (AvgIpc) is 2.30. The van der Waals surface area contributed by atoms with E-state index in [4.69, 9.17) is 5.73 Å². The minimum atomic E-state index is -0.395. The van der Waals surface area contributed by atoms with Crippen LogP contribution in [0.25, 0.3) is 0 Å². The predicted molar refractivity (Wildman–Crippen MR) is 64.6 cm³/mol. The Morgan fingerprint density at radius 1 is 1.29 bits per heavy atom. The van der Waals surface area contributed by atoms with Gasteiger partial charge in [-0.3, -0.25) is 0 Å².